The number of methoxy groups -OCH3 is 1. The van der Waals surface area contributed by atoms with E-state index >= 15 is 0 Å². The Hall–Kier alpha value is -1.06. The van der Waals surface area contributed by atoms with Crippen LogP contribution in [-0.4, -0.2) is 77.9 Å². The van der Waals surface area contributed by atoms with Gasteiger partial charge in [-0.25, -0.2) is 0 Å². The summed E-state index contributed by atoms with van der Waals surface area (Å²) >= 11 is 0. The van der Waals surface area contributed by atoms with Gasteiger partial charge in [0.25, 0.3) is 0 Å². The van der Waals surface area contributed by atoms with E-state index in [1.54, 1.807) is 7.11 Å². The van der Waals surface area contributed by atoms with Crippen molar-refractivity contribution < 1.29 is 4.74 Å². The molecule has 0 fully saturated rings. The fourth-order valence-corrected chi connectivity index (χ4v) is 2.61. The van der Waals surface area contributed by atoms with Gasteiger partial charge in [-0.05, 0) is 38.9 Å². The van der Waals surface area contributed by atoms with Crippen molar-refractivity contribution in [2.24, 2.45) is 4.99 Å². The lowest BCUT2D eigenvalue weighted by Crippen LogP contribution is -2.41. The molecule has 0 aliphatic rings. The number of aliphatic imine (C=N–C) groups is 1. The van der Waals surface area contributed by atoms with E-state index in [2.05, 4.69) is 70.7 Å². The van der Waals surface area contributed by atoms with Gasteiger partial charge < -0.3 is 25.2 Å². The summed E-state index contributed by atoms with van der Waals surface area (Å²) in [6.45, 7) is 8.53. The second kappa shape index (κ2) is 17.1. The molecule has 1 rings (SSSR count). The topological polar surface area (TPSA) is 52.1 Å². The van der Waals surface area contributed by atoms with Crippen molar-refractivity contribution in [2.45, 2.75) is 19.8 Å². The molecule has 0 saturated heterocycles. The second-order valence-corrected chi connectivity index (χ2v) is 6.45. The zero-order valence-electron chi connectivity index (χ0n) is 17.4. The summed E-state index contributed by atoms with van der Waals surface area (Å²) in [4.78, 5) is 9.26. The maximum Gasteiger partial charge on any atom is 0.191 e. The minimum Gasteiger partial charge on any atom is -0.385 e. The van der Waals surface area contributed by atoms with Gasteiger partial charge in [-0.15, -0.1) is 24.0 Å². The Kier molecular flexibility index (Phi) is 16.4. The van der Waals surface area contributed by atoms with Crippen molar-refractivity contribution in [3.8, 4) is 0 Å². The molecule has 0 aromatic heterocycles. The van der Waals surface area contributed by atoms with Crippen molar-refractivity contribution >= 4 is 35.6 Å². The average molecular weight is 491 g/mol. The Morgan fingerprint density at radius 1 is 1.04 bits per heavy atom. The van der Waals surface area contributed by atoms with Gasteiger partial charge >= 0.3 is 0 Å². The number of guanidine groups is 1. The minimum absolute atomic E-state index is 0. The molecule has 1 aromatic carbocycles. The fraction of sp³-hybridized carbons (Fsp3) is 0.650. The van der Waals surface area contributed by atoms with Crippen LogP contribution in [0.3, 0.4) is 0 Å². The van der Waals surface area contributed by atoms with E-state index < -0.39 is 0 Å². The van der Waals surface area contributed by atoms with Gasteiger partial charge in [-0.3, -0.25) is 4.99 Å². The van der Waals surface area contributed by atoms with Crippen molar-refractivity contribution in [3.63, 3.8) is 0 Å². The Labute approximate surface area is 182 Å². The Morgan fingerprint density at radius 3 is 2.44 bits per heavy atom. The van der Waals surface area contributed by atoms with Gasteiger partial charge in [-0.2, -0.15) is 0 Å². The Balaban J connectivity index is 0.00000676. The van der Waals surface area contributed by atoms with E-state index in [0.717, 1.165) is 64.7 Å². The lowest BCUT2D eigenvalue weighted by molar-refractivity contribution is 0.180. The van der Waals surface area contributed by atoms with Crippen molar-refractivity contribution in [3.05, 3.63) is 30.3 Å². The summed E-state index contributed by atoms with van der Waals surface area (Å²) in [5, 5.41) is 6.73. The molecule has 0 saturated carbocycles. The summed E-state index contributed by atoms with van der Waals surface area (Å²) in [5.74, 6) is 0.903. The van der Waals surface area contributed by atoms with Crippen LogP contribution in [0.15, 0.2) is 35.3 Å². The van der Waals surface area contributed by atoms with Crippen LogP contribution in [0.4, 0.5) is 5.69 Å². The first-order valence-electron chi connectivity index (χ1n) is 9.63. The number of anilines is 1. The van der Waals surface area contributed by atoms with Gasteiger partial charge in [0.2, 0.25) is 0 Å². The van der Waals surface area contributed by atoms with E-state index in [9.17, 15) is 0 Å². The van der Waals surface area contributed by atoms with Crippen molar-refractivity contribution in [1.29, 1.82) is 0 Å². The number of para-hydroxylation sites is 1. The molecule has 0 spiro atoms. The van der Waals surface area contributed by atoms with Crippen LogP contribution < -0.4 is 15.5 Å². The van der Waals surface area contributed by atoms with E-state index in [-0.39, 0.29) is 24.0 Å². The molecular weight excluding hydrogens is 453 g/mol. The molecule has 0 aliphatic carbocycles. The molecule has 6 nitrogen and oxygen atoms in total. The molecule has 0 heterocycles. The van der Waals surface area contributed by atoms with Crippen LogP contribution in [-0.2, 0) is 4.74 Å². The summed E-state index contributed by atoms with van der Waals surface area (Å²) in [5.41, 5.74) is 1.25. The molecule has 27 heavy (non-hydrogen) atoms. The van der Waals surface area contributed by atoms with Crippen molar-refractivity contribution in [2.75, 3.05) is 72.0 Å². The lowest BCUT2D eigenvalue weighted by Gasteiger charge is -2.19. The molecule has 0 atom stereocenters. The van der Waals surface area contributed by atoms with Crippen LogP contribution in [0.1, 0.15) is 19.8 Å². The standard InChI is InChI=1S/C20H37N5O.HI/c1-5-21-20(23-14-17-24(2)15-10-18-26-4)22-13-9-16-25(3)19-11-7-6-8-12-19;/h6-8,11-12H,5,9-10,13-18H2,1-4H3,(H2,21,22,23);1H. The van der Waals surface area contributed by atoms with Crippen LogP contribution in [0.5, 0.6) is 0 Å². The molecule has 2 N–H and O–H groups in total. The number of rotatable bonds is 13. The van der Waals surface area contributed by atoms with E-state index in [4.69, 9.17) is 4.74 Å². The lowest BCUT2D eigenvalue weighted by atomic mass is 10.3. The zero-order valence-corrected chi connectivity index (χ0v) is 19.7. The number of benzene rings is 1. The van der Waals surface area contributed by atoms with Gasteiger partial charge in [0.05, 0.1) is 0 Å². The quantitative estimate of drug-likeness (QED) is 0.192. The summed E-state index contributed by atoms with van der Waals surface area (Å²) in [7, 11) is 6.01. The highest BCUT2D eigenvalue weighted by Gasteiger charge is 2.02. The summed E-state index contributed by atoms with van der Waals surface area (Å²) < 4.78 is 5.09. The molecule has 0 aliphatic heterocycles. The third kappa shape index (κ3) is 12.9. The Bertz CT molecular complexity index is 487. The fourth-order valence-electron chi connectivity index (χ4n) is 2.61. The number of hydrogen-bond acceptors (Lipinski definition) is 4. The Morgan fingerprint density at radius 2 is 1.78 bits per heavy atom. The van der Waals surface area contributed by atoms with Gasteiger partial charge in [0, 0.05) is 65.7 Å². The van der Waals surface area contributed by atoms with E-state index in [1.807, 2.05) is 6.07 Å². The molecule has 156 valence electrons. The summed E-state index contributed by atoms with van der Waals surface area (Å²) in [6.07, 6.45) is 2.09. The maximum absolute atomic E-state index is 5.09. The number of likely N-dealkylation sites (N-methyl/N-ethyl adjacent to an activating group) is 1. The maximum atomic E-state index is 5.09. The first-order valence-corrected chi connectivity index (χ1v) is 9.63. The molecule has 0 radical (unpaired) electrons. The SMILES string of the molecule is CCNC(=NCCCN(C)c1ccccc1)NCCN(C)CCCOC.I. The highest BCUT2D eigenvalue weighted by atomic mass is 127. The van der Waals surface area contributed by atoms with Crippen LogP contribution >= 0.6 is 24.0 Å². The summed E-state index contributed by atoms with van der Waals surface area (Å²) in [6, 6.07) is 10.5. The number of nitrogens with one attached hydrogen (secondary N) is 2. The first kappa shape index (κ1) is 25.9. The predicted octanol–water partition coefficient (Wildman–Crippen LogP) is 2.65. The van der Waals surface area contributed by atoms with Crippen LogP contribution in [0.25, 0.3) is 0 Å². The van der Waals surface area contributed by atoms with Crippen LogP contribution in [0.2, 0.25) is 0 Å². The smallest absolute Gasteiger partial charge is 0.191 e. The molecular formula is C20H38IN5O. The number of halogens is 1. The molecule has 1 aromatic rings. The third-order valence-corrected chi connectivity index (χ3v) is 4.14. The largest absolute Gasteiger partial charge is 0.385 e. The molecule has 7 heteroatoms. The predicted molar refractivity (Wildman–Crippen MR) is 128 cm³/mol. The minimum atomic E-state index is 0. The average Bonchev–Trinajstić information content (AvgIpc) is 2.66. The number of ether oxygens (including phenoxy) is 1. The highest BCUT2D eigenvalue weighted by Crippen LogP contribution is 2.10. The highest BCUT2D eigenvalue weighted by molar-refractivity contribution is 14.0. The monoisotopic (exact) mass is 491 g/mol. The van der Waals surface area contributed by atoms with Gasteiger partial charge in [-0.1, -0.05) is 18.2 Å². The first-order chi connectivity index (χ1) is 12.7. The van der Waals surface area contributed by atoms with E-state index in [0.29, 0.717) is 0 Å². The third-order valence-electron chi connectivity index (χ3n) is 4.14. The number of hydrogen-bond donors (Lipinski definition) is 2. The van der Waals surface area contributed by atoms with Crippen molar-refractivity contribution in [1.82, 2.24) is 15.5 Å². The normalized spacial score (nSPS) is 11.2. The van der Waals surface area contributed by atoms with Crippen LogP contribution in [0, 0.1) is 0 Å². The van der Waals surface area contributed by atoms with Gasteiger partial charge in [0.1, 0.15) is 0 Å². The molecule has 0 amide bonds. The van der Waals surface area contributed by atoms with E-state index in [1.165, 1.54) is 5.69 Å². The molecule has 0 unspecified atom stereocenters. The molecule has 0 bridgehead atoms. The zero-order chi connectivity index (χ0) is 19.0. The second-order valence-electron chi connectivity index (χ2n) is 6.45. The van der Waals surface area contributed by atoms with Gasteiger partial charge in [0.15, 0.2) is 5.96 Å². The number of nitrogens with zero attached hydrogens (tertiary/aromatic N) is 3.